The summed E-state index contributed by atoms with van der Waals surface area (Å²) in [5.41, 5.74) is 5.29. The Kier molecular flexibility index (Phi) is 6.84. The fraction of sp³-hybridized carbons (Fsp3) is 0.471. The van der Waals surface area contributed by atoms with E-state index in [2.05, 4.69) is 57.1 Å². The number of hydrogen-bond acceptors (Lipinski definition) is 8. The van der Waals surface area contributed by atoms with Gasteiger partial charge in [-0.15, -0.1) is 0 Å². The molecule has 46 heavy (non-hydrogen) atoms. The molecule has 12 nitrogen and oxygen atoms in total. The largest absolute Gasteiger partial charge is 0.339 e. The topological polar surface area (TPSA) is 73.3 Å². The second-order valence-electron chi connectivity index (χ2n) is 13.6. The van der Waals surface area contributed by atoms with Crippen molar-refractivity contribution in [3.8, 4) is 11.4 Å². The lowest BCUT2D eigenvalue weighted by atomic mass is 9.99. The molecule has 0 saturated carbocycles. The minimum absolute atomic E-state index is 0.0234. The van der Waals surface area contributed by atoms with E-state index >= 15 is 0 Å². The first-order valence-electron chi connectivity index (χ1n) is 16.3. The third kappa shape index (κ3) is 4.20. The molecule has 2 aromatic carbocycles. The zero-order valence-corrected chi connectivity index (χ0v) is 27.6. The zero-order chi connectivity index (χ0) is 32.0. The summed E-state index contributed by atoms with van der Waals surface area (Å²) in [6, 6.07) is 20.3. The first-order valence-corrected chi connectivity index (χ1v) is 16.3. The molecular weight excluding hydrogens is 580 g/mol. The maximum atomic E-state index is 14.0. The minimum Gasteiger partial charge on any atom is -0.339 e. The van der Waals surface area contributed by atoms with Gasteiger partial charge in [0.05, 0.1) is 61.8 Å². The maximum Gasteiger partial charge on any atom is 0.295 e. The molecule has 4 atom stereocenters. The summed E-state index contributed by atoms with van der Waals surface area (Å²) < 4.78 is 7.53. The van der Waals surface area contributed by atoms with Crippen LogP contribution in [0.3, 0.4) is 0 Å². The molecule has 4 aromatic rings. The minimum atomic E-state index is 0.0234. The highest BCUT2D eigenvalue weighted by Gasteiger charge is 2.55. The van der Waals surface area contributed by atoms with Crippen molar-refractivity contribution < 1.29 is 0 Å². The maximum absolute atomic E-state index is 14.0. The van der Waals surface area contributed by atoms with Crippen LogP contribution in [0.4, 0.5) is 11.4 Å². The van der Waals surface area contributed by atoms with E-state index in [1.807, 2.05) is 84.1 Å². The van der Waals surface area contributed by atoms with Gasteiger partial charge in [0.25, 0.3) is 11.1 Å². The molecule has 8 rings (SSSR count). The van der Waals surface area contributed by atoms with Gasteiger partial charge < -0.3 is 9.80 Å². The predicted molar refractivity (Wildman–Crippen MR) is 180 cm³/mol. The van der Waals surface area contributed by atoms with E-state index in [0.717, 1.165) is 47.2 Å². The molecule has 0 bridgehead atoms. The van der Waals surface area contributed by atoms with Gasteiger partial charge in [-0.2, -0.15) is 0 Å². The van der Waals surface area contributed by atoms with Crippen molar-refractivity contribution in [3.63, 3.8) is 0 Å². The molecule has 242 valence electrons. The smallest absolute Gasteiger partial charge is 0.295 e. The Labute approximate surface area is 269 Å². The van der Waals surface area contributed by atoms with Crippen LogP contribution in [0.1, 0.15) is 25.2 Å². The van der Waals surface area contributed by atoms with Crippen LogP contribution in [0.25, 0.3) is 11.4 Å². The normalized spacial score (nSPS) is 25.7. The van der Waals surface area contributed by atoms with E-state index in [9.17, 15) is 9.59 Å². The molecule has 0 spiro atoms. The van der Waals surface area contributed by atoms with Gasteiger partial charge in [-0.3, -0.25) is 38.6 Å². The number of anilines is 2. The molecule has 4 unspecified atom stereocenters. The molecule has 6 heterocycles. The van der Waals surface area contributed by atoms with Gasteiger partial charge in [-0.1, -0.05) is 36.4 Å². The standard InChI is InChI=1S/C34H44N10O2/c1-23-17-37-19-40(30-26(4)36(6)44(34(30)46)28-15-11-8-12-16-28)22-42-24(2)18-38-20-39(21-41(23)31(38)32(37)42)29-25(3)35(5)43(33(29)45)27-13-9-7-10-14-27/h7-16,23-24,31-32H,17-22H2,1-6H3. The Hall–Kier alpha value is -4.10. The number of piperazine rings is 2. The summed E-state index contributed by atoms with van der Waals surface area (Å²) in [6.07, 6.45) is 0.410. The molecule has 0 radical (unpaired) electrons. The van der Waals surface area contributed by atoms with Gasteiger partial charge >= 0.3 is 0 Å². The zero-order valence-electron chi connectivity index (χ0n) is 27.6. The van der Waals surface area contributed by atoms with Crippen molar-refractivity contribution in [3.05, 3.63) is 92.8 Å². The first kappa shape index (κ1) is 29.3. The molecule has 2 aromatic heterocycles. The summed E-state index contributed by atoms with van der Waals surface area (Å²) >= 11 is 0. The van der Waals surface area contributed by atoms with Crippen molar-refractivity contribution in [1.82, 2.24) is 38.3 Å². The van der Waals surface area contributed by atoms with Crippen molar-refractivity contribution in [2.45, 2.75) is 52.1 Å². The summed E-state index contributed by atoms with van der Waals surface area (Å²) in [7, 11) is 3.94. The van der Waals surface area contributed by atoms with Crippen LogP contribution in [-0.4, -0.2) is 103 Å². The molecule has 4 aliphatic heterocycles. The van der Waals surface area contributed by atoms with Crippen LogP contribution >= 0.6 is 0 Å². The molecule has 0 aliphatic carbocycles. The van der Waals surface area contributed by atoms with E-state index in [1.165, 1.54) is 0 Å². The van der Waals surface area contributed by atoms with Gasteiger partial charge in [0.2, 0.25) is 0 Å². The SMILES string of the molecule is Cc1c(N2CN3CC(C)N4CN(c5c(C)n(C)n(-c6ccccc6)c5=O)CN5CC(C)N(C2)C3C54)c(=O)n(-c2ccccc2)n1C. The summed E-state index contributed by atoms with van der Waals surface area (Å²) in [5.74, 6) is 0. The predicted octanol–water partition coefficient (Wildman–Crippen LogP) is 2.12. The number of hydrogen-bond donors (Lipinski definition) is 0. The lowest BCUT2D eigenvalue weighted by molar-refractivity contribution is -0.207. The third-order valence-corrected chi connectivity index (χ3v) is 10.9. The fourth-order valence-electron chi connectivity index (χ4n) is 8.54. The monoisotopic (exact) mass is 624 g/mol. The van der Waals surface area contributed by atoms with E-state index in [0.29, 0.717) is 26.7 Å². The van der Waals surface area contributed by atoms with Crippen LogP contribution < -0.4 is 20.9 Å². The van der Waals surface area contributed by atoms with E-state index in [-0.39, 0.29) is 35.5 Å². The van der Waals surface area contributed by atoms with Crippen molar-refractivity contribution in [2.75, 3.05) is 49.6 Å². The second kappa shape index (κ2) is 10.7. The number of nitrogens with zero attached hydrogens (tertiary/aromatic N) is 10. The molecule has 0 amide bonds. The quantitative estimate of drug-likeness (QED) is 0.342. The van der Waals surface area contributed by atoms with Crippen molar-refractivity contribution >= 4 is 11.4 Å². The third-order valence-electron chi connectivity index (χ3n) is 10.9. The van der Waals surface area contributed by atoms with E-state index in [1.54, 1.807) is 9.36 Å². The lowest BCUT2D eigenvalue weighted by Crippen LogP contribution is -2.84. The summed E-state index contributed by atoms with van der Waals surface area (Å²) in [4.78, 5) is 42.9. The number of aromatic nitrogens is 4. The molecule has 4 saturated heterocycles. The first-order chi connectivity index (χ1) is 22.2. The molecule has 12 heteroatoms. The highest BCUT2D eigenvalue weighted by atomic mass is 16.1. The van der Waals surface area contributed by atoms with Gasteiger partial charge in [0, 0.05) is 39.3 Å². The summed E-state index contributed by atoms with van der Waals surface area (Å²) in [5, 5.41) is 0. The fourth-order valence-corrected chi connectivity index (χ4v) is 8.54. The second-order valence-corrected chi connectivity index (χ2v) is 13.6. The summed E-state index contributed by atoms with van der Waals surface area (Å²) in [6.45, 7) is 13.3. The average molecular weight is 625 g/mol. The van der Waals surface area contributed by atoms with Crippen LogP contribution in [0.15, 0.2) is 70.3 Å². The van der Waals surface area contributed by atoms with Gasteiger partial charge in [-0.25, -0.2) is 9.36 Å². The van der Waals surface area contributed by atoms with Gasteiger partial charge in [0.15, 0.2) is 0 Å². The lowest BCUT2D eigenvalue weighted by Gasteiger charge is -2.67. The average Bonchev–Trinajstić information content (AvgIpc) is 3.41. The van der Waals surface area contributed by atoms with Crippen molar-refractivity contribution in [2.24, 2.45) is 14.1 Å². The van der Waals surface area contributed by atoms with Gasteiger partial charge in [-0.05, 0) is 52.0 Å². The van der Waals surface area contributed by atoms with E-state index < -0.39 is 0 Å². The Morgan fingerprint density at radius 2 is 0.935 bits per heavy atom. The Morgan fingerprint density at radius 3 is 1.30 bits per heavy atom. The number of benzene rings is 2. The van der Waals surface area contributed by atoms with Crippen LogP contribution in [-0.2, 0) is 14.1 Å². The Morgan fingerprint density at radius 1 is 0.565 bits per heavy atom. The Bertz CT molecular complexity index is 1750. The molecule has 4 fully saturated rings. The molecule has 4 aliphatic rings. The Balaban J connectivity index is 1.11. The van der Waals surface area contributed by atoms with Crippen LogP contribution in [0.2, 0.25) is 0 Å². The highest BCUT2D eigenvalue weighted by Crippen LogP contribution is 2.39. The van der Waals surface area contributed by atoms with Crippen LogP contribution in [0, 0.1) is 13.8 Å². The number of para-hydroxylation sites is 2. The highest BCUT2D eigenvalue weighted by molar-refractivity contribution is 5.53. The van der Waals surface area contributed by atoms with Gasteiger partial charge in [0.1, 0.15) is 11.4 Å². The van der Waals surface area contributed by atoms with Crippen molar-refractivity contribution in [1.29, 1.82) is 0 Å². The molecule has 0 N–H and O–H groups in total. The van der Waals surface area contributed by atoms with Crippen LogP contribution in [0.5, 0.6) is 0 Å². The van der Waals surface area contributed by atoms with E-state index in [4.69, 9.17) is 0 Å². The molecular formula is C34H44N10O2. The number of rotatable bonds is 4.